The minimum atomic E-state index is 1.10. The molecule has 0 nitrogen and oxygen atoms in total. The van der Waals surface area contributed by atoms with Crippen molar-refractivity contribution in [3.63, 3.8) is 0 Å². The van der Waals surface area contributed by atoms with Gasteiger partial charge >= 0.3 is 0 Å². The maximum atomic E-state index is 3.60. The molecule has 2 heteroatoms. The molecule has 0 fully saturated rings. The van der Waals surface area contributed by atoms with Gasteiger partial charge in [0.05, 0.1) is 0 Å². The Hall–Kier alpha value is -2.42. The quantitative estimate of drug-likeness (QED) is 0.251. The molecule has 0 aliphatic heterocycles. The van der Waals surface area contributed by atoms with Crippen LogP contribution in [0.5, 0.6) is 0 Å². The van der Waals surface area contributed by atoms with Crippen LogP contribution in [0.1, 0.15) is 22.3 Å². The molecule has 136 valence electrons. The van der Waals surface area contributed by atoms with Gasteiger partial charge in [-0.25, -0.2) is 0 Å². The Bertz CT molecular complexity index is 1100. The number of fused-ring (bicyclic) bond motifs is 1. The summed E-state index contributed by atoms with van der Waals surface area (Å²) < 4.78 is 2.21. The van der Waals surface area contributed by atoms with Crippen molar-refractivity contribution in [3.8, 4) is 0 Å². The summed E-state index contributed by atoms with van der Waals surface area (Å²) in [5.74, 6) is 0. The van der Waals surface area contributed by atoms with Crippen molar-refractivity contribution in [2.24, 2.45) is 0 Å². The van der Waals surface area contributed by atoms with Gasteiger partial charge in [0.25, 0.3) is 0 Å². The number of benzene rings is 4. The normalized spacial score (nSPS) is 11.6. The van der Waals surface area contributed by atoms with Crippen molar-refractivity contribution < 1.29 is 0 Å². The summed E-state index contributed by atoms with van der Waals surface area (Å²) in [5, 5.41) is 2.49. The third kappa shape index (κ3) is 4.52. The van der Waals surface area contributed by atoms with E-state index in [1.807, 2.05) is 12.1 Å². The van der Waals surface area contributed by atoms with E-state index in [0.29, 0.717) is 0 Å². The van der Waals surface area contributed by atoms with Crippen LogP contribution in [-0.2, 0) is 0 Å². The van der Waals surface area contributed by atoms with E-state index in [0.717, 1.165) is 8.95 Å². The van der Waals surface area contributed by atoms with Crippen molar-refractivity contribution in [2.45, 2.75) is 0 Å². The zero-order valence-corrected chi connectivity index (χ0v) is 18.3. The Kier molecular flexibility index (Phi) is 5.90. The zero-order valence-electron chi connectivity index (χ0n) is 15.1. The Morgan fingerprint density at radius 1 is 0.464 bits per heavy atom. The first-order valence-electron chi connectivity index (χ1n) is 9.08. The van der Waals surface area contributed by atoms with Crippen LogP contribution in [0.4, 0.5) is 0 Å². The summed E-state index contributed by atoms with van der Waals surface area (Å²) in [6.07, 6.45) is 8.59. The molecule has 0 radical (unpaired) electrons. The highest BCUT2D eigenvalue weighted by molar-refractivity contribution is 9.10. The van der Waals surface area contributed by atoms with Crippen LogP contribution in [0.2, 0.25) is 0 Å². The summed E-state index contributed by atoms with van der Waals surface area (Å²) >= 11 is 7.20. The smallest absolute Gasteiger partial charge is 0.0247 e. The second-order valence-corrected chi connectivity index (χ2v) is 8.28. The summed E-state index contributed by atoms with van der Waals surface area (Å²) in [6.45, 7) is 0. The third-order valence-electron chi connectivity index (χ3n) is 4.61. The molecule has 0 atom stereocenters. The summed E-state index contributed by atoms with van der Waals surface area (Å²) in [5.41, 5.74) is 4.73. The Morgan fingerprint density at radius 2 is 0.929 bits per heavy atom. The number of halogens is 2. The first kappa shape index (κ1) is 18.9. The first-order valence-corrected chi connectivity index (χ1v) is 10.7. The van der Waals surface area contributed by atoms with E-state index in [4.69, 9.17) is 0 Å². The van der Waals surface area contributed by atoms with Gasteiger partial charge in [0.15, 0.2) is 0 Å². The predicted molar refractivity (Wildman–Crippen MR) is 130 cm³/mol. The Labute approximate surface area is 182 Å². The number of hydrogen-bond donors (Lipinski definition) is 0. The van der Waals surface area contributed by atoms with Gasteiger partial charge in [-0.15, -0.1) is 0 Å². The van der Waals surface area contributed by atoms with E-state index in [1.54, 1.807) is 0 Å². The molecule has 0 aliphatic rings. The Balaban J connectivity index is 1.62. The average molecular weight is 490 g/mol. The second kappa shape index (κ2) is 8.72. The molecule has 0 amide bonds. The van der Waals surface area contributed by atoms with Gasteiger partial charge < -0.3 is 0 Å². The van der Waals surface area contributed by atoms with Crippen LogP contribution < -0.4 is 0 Å². The molecular formula is C26H18Br2. The maximum Gasteiger partial charge on any atom is 0.0247 e. The molecule has 0 unspecified atom stereocenters. The molecule has 0 N–H and O–H groups in total. The molecule has 0 heterocycles. The molecule has 4 aromatic carbocycles. The van der Waals surface area contributed by atoms with Gasteiger partial charge in [-0.3, -0.25) is 0 Å². The van der Waals surface area contributed by atoms with Gasteiger partial charge in [-0.05, 0) is 57.3 Å². The fourth-order valence-corrected chi connectivity index (χ4v) is 3.92. The topological polar surface area (TPSA) is 0 Å². The van der Waals surface area contributed by atoms with Gasteiger partial charge in [0.2, 0.25) is 0 Å². The van der Waals surface area contributed by atoms with E-state index in [9.17, 15) is 0 Å². The largest absolute Gasteiger partial charge is 0.0616 e. The lowest BCUT2D eigenvalue weighted by Gasteiger charge is -2.03. The number of rotatable bonds is 4. The van der Waals surface area contributed by atoms with Crippen LogP contribution in [-0.4, -0.2) is 0 Å². The Morgan fingerprint density at radius 3 is 1.39 bits per heavy atom. The van der Waals surface area contributed by atoms with Crippen LogP contribution in [0.3, 0.4) is 0 Å². The molecular weight excluding hydrogens is 472 g/mol. The molecule has 28 heavy (non-hydrogen) atoms. The van der Waals surface area contributed by atoms with Crippen molar-refractivity contribution in [3.05, 3.63) is 116 Å². The molecule has 4 aromatic rings. The standard InChI is InChI=1S/C26H18Br2/c27-25-7-3-1-5-22(25)15-11-19-9-13-21-14-10-20(18-24(21)17-19)12-16-23-6-2-4-8-26(23)28/h1-18H/b15-11+,16-12+. The van der Waals surface area contributed by atoms with Crippen LogP contribution in [0.25, 0.3) is 35.1 Å². The third-order valence-corrected chi connectivity index (χ3v) is 6.05. The lowest BCUT2D eigenvalue weighted by atomic mass is 10.0. The summed E-state index contributed by atoms with van der Waals surface area (Å²) in [6, 6.07) is 29.6. The number of hydrogen-bond acceptors (Lipinski definition) is 0. The van der Waals surface area contributed by atoms with Gasteiger partial charge in [-0.1, -0.05) is 117 Å². The van der Waals surface area contributed by atoms with E-state index in [1.165, 1.54) is 33.0 Å². The lowest BCUT2D eigenvalue weighted by Crippen LogP contribution is -1.79. The van der Waals surface area contributed by atoms with Gasteiger partial charge in [0, 0.05) is 8.95 Å². The molecule has 0 aliphatic carbocycles. The van der Waals surface area contributed by atoms with Crippen molar-refractivity contribution in [2.75, 3.05) is 0 Å². The summed E-state index contributed by atoms with van der Waals surface area (Å²) in [7, 11) is 0. The second-order valence-electron chi connectivity index (χ2n) is 6.58. The van der Waals surface area contributed by atoms with Crippen molar-refractivity contribution >= 4 is 66.9 Å². The van der Waals surface area contributed by atoms with E-state index >= 15 is 0 Å². The van der Waals surface area contributed by atoms with Crippen LogP contribution in [0, 0.1) is 0 Å². The summed E-state index contributed by atoms with van der Waals surface area (Å²) in [4.78, 5) is 0. The maximum absolute atomic E-state index is 3.60. The molecule has 0 spiro atoms. The van der Waals surface area contributed by atoms with Crippen molar-refractivity contribution in [1.82, 2.24) is 0 Å². The van der Waals surface area contributed by atoms with Crippen LogP contribution in [0.15, 0.2) is 93.9 Å². The van der Waals surface area contributed by atoms with Crippen molar-refractivity contribution in [1.29, 1.82) is 0 Å². The minimum absolute atomic E-state index is 1.10. The van der Waals surface area contributed by atoms with E-state index in [-0.39, 0.29) is 0 Å². The first-order chi connectivity index (χ1) is 13.7. The van der Waals surface area contributed by atoms with Gasteiger partial charge in [0.1, 0.15) is 0 Å². The highest BCUT2D eigenvalue weighted by Gasteiger charge is 1.98. The zero-order chi connectivity index (χ0) is 19.3. The SMILES string of the molecule is Brc1ccccc1/C=C/c1ccc2ccc(/C=C/c3ccccc3Br)cc2c1. The predicted octanol–water partition coefficient (Wildman–Crippen LogP) is 8.71. The minimum Gasteiger partial charge on any atom is -0.0616 e. The van der Waals surface area contributed by atoms with E-state index in [2.05, 4.69) is 129 Å². The molecule has 4 rings (SSSR count). The fourth-order valence-electron chi connectivity index (χ4n) is 3.08. The highest BCUT2D eigenvalue weighted by atomic mass is 79.9. The average Bonchev–Trinajstić information content (AvgIpc) is 2.72. The highest BCUT2D eigenvalue weighted by Crippen LogP contribution is 2.23. The molecule has 0 saturated heterocycles. The van der Waals surface area contributed by atoms with E-state index < -0.39 is 0 Å². The fraction of sp³-hybridized carbons (Fsp3) is 0. The monoisotopic (exact) mass is 488 g/mol. The lowest BCUT2D eigenvalue weighted by molar-refractivity contribution is 1.60. The molecule has 0 bridgehead atoms. The van der Waals surface area contributed by atoms with Gasteiger partial charge in [-0.2, -0.15) is 0 Å². The van der Waals surface area contributed by atoms with Crippen LogP contribution >= 0.6 is 31.9 Å². The molecule has 0 aromatic heterocycles. The molecule has 0 saturated carbocycles.